The summed E-state index contributed by atoms with van der Waals surface area (Å²) in [5.41, 5.74) is 6.07. The zero-order chi connectivity index (χ0) is 12.5. The lowest BCUT2D eigenvalue weighted by Gasteiger charge is -2.11. The second-order valence-corrected chi connectivity index (χ2v) is 5.47. The monoisotopic (exact) mass is 251 g/mol. The topological polar surface area (TPSA) is 74.2 Å². The lowest BCUT2D eigenvalue weighted by molar-refractivity contribution is 0.0384. The second-order valence-electron chi connectivity index (χ2n) is 5.47. The van der Waals surface area contributed by atoms with Crippen LogP contribution in [0.15, 0.2) is 4.52 Å². The number of hydrogen-bond acceptors (Lipinski definition) is 5. The minimum atomic E-state index is 0.0182. The molecule has 1 heterocycles. The highest BCUT2D eigenvalue weighted by Crippen LogP contribution is 2.42. The largest absolute Gasteiger partial charge is 0.370 e. The summed E-state index contributed by atoms with van der Waals surface area (Å²) in [5.74, 6) is 2.60. The van der Waals surface area contributed by atoms with Gasteiger partial charge in [0.15, 0.2) is 0 Å². The lowest BCUT2D eigenvalue weighted by atomic mass is 10.1. The molecule has 2 aliphatic rings. The van der Waals surface area contributed by atoms with E-state index in [1.165, 1.54) is 25.7 Å². The maximum atomic E-state index is 6.07. The average molecular weight is 251 g/mol. The molecule has 18 heavy (non-hydrogen) atoms. The molecule has 3 rings (SSSR count). The Balaban J connectivity index is 1.63. The van der Waals surface area contributed by atoms with Gasteiger partial charge in [0.2, 0.25) is 11.7 Å². The van der Waals surface area contributed by atoms with Crippen LogP contribution in [0.4, 0.5) is 0 Å². The third-order valence-corrected chi connectivity index (χ3v) is 3.77. The molecule has 0 aliphatic heterocycles. The molecular formula is C13H21N3O2. The van der Waals surface area contributed by atoms with Gasteiger partial charge in [0.25, 0.3) is 0 Å². The molecule has 5 nitrogen and oxygen atoms in total. The van der Waals surface area contributed by atoms with Gasteiger partial charge in [-0.2, -0.15) is 4.98 Å². The minimum absolute atomic E-state index is 0.0182. The van der Waals surface area contributed by atoms with Crippen molar-refractivity contribution in [1.29, 1.82) is 0 Å². The molecule has 1 aromatic heterocycles. The Morgan fingerprint density at radius 1 is 1.33 bits per heavy atom. The Labute approximate surface area is 107 Å². The van der Waals surface area contributed by atoms with Crippen LogP contribution in [-0.4, -0.2) is 22.8 Å². The number of nitrogens with zero attached hydrogens (tertiary/aromatic N) is 2. The first kappa shape index (κ1) is 12.1. The lowest BCUT2D eigenvalue weighted by Crippen LogP contribution is -2.25. The SMILES string of the molecule is CCOC(c1noc(CC(N)C2CC2)n1)C1CC1. The Kier molecular flexibility index (Phi) is 3.35. The van der Waals surface area contributed by atoms with E-state index < -0.39 is 0 Å². The Hall–Kier alpha value is -0.940. The number of aromatic nitrogens is 2. The summed E-state index contributed by atoms with van der Waals surface area (Å²) in [7, 11) is 0. The van der Waals surface area contributed by atoms with Gasteiger partial charge in [-0.15, -0.1) is 0 Å². The molecule has 0 saturated heterocycles. The van der Waals surface area contributed by atoms with Crippen molar-refractivity contribution in [2.45, 2.75) is 51.2 Å². The molecule has 0 aromatic carbocycles. The average Bonchev–Trinajstić information content (AvgIpc) is 3.24. The summed E-state index contributed by atoms with van der Waals surface area (Å²) in [6.07, 6.45) is 5.61. The van der Waals surface area contributed by atoms with Gasteiger partial charge in [-0.3, -0.25) is 0 Å². The van der Waals surface area contributed by atoms with Crippen LogP contribution in [0, 0.1) is 11.8 Å². The molecule has 100 valence electrons. The fourth-order valence-corrected chi connectivity index (χ4v) is 2.36. The third kappa shape index (κ3) is 2.72. The van der Waals surface area contributed by atoms with Crippen LogP contribution in [-0.2, 0) is 11.2 Å². The van der Waals surface area contributed by atoms with Gasteiger partial charge >= 0.3 is 0 Å². The van der Waals surface area contributed by atoms with Gasteiger partial charge in [0.1, 0.15) is 6.10 Å². The maximum absolute atomic E-state index is 6.07. The summed E-state index contributed by atoms with van der Waals surface area (Å²) in [6, 6.07) is 0.171. The smallest absolute Gasteiger partial charge is 0.228 e. The van der Waals surface area contributed by atoms with Gasteiger partial charge in [0.05, 0.1) is 0 Å². The molecule has 0 radical (unpaired) electrons. The van der Waals surface area contributed by atoms with E-state index >= 15 is 0 Å². The summed E-state index contributed by atoms with van der Waals surface area (Å²) in [5, 5.41) is 4.06. The van der Waals surface area contributed by atoms with E-state index in [-0.39, 0.29) is 12.1 Å². The highest BCUT2D eigenvalue weighted by molar-refractivity contribution is 5.00. The standard InChI is InChI=1S/C13H21N3O2/c1-2-17-12(9-5-6-9)13-15-11(18-16-13)7-10(14)8-3-4-8/h8-10,12H,2-7,14H2,1H3. The van der Waals surface area contributed by atoms with E-state index in [4.69, 9.17) is 15.0 Å². The summed E-state index contributed by atoms with van der Waals surface area (Å²) < 4.78 is 11.0. The van der Waals surface area contributed by atoms with Crippen LogP contribution in [0.1, 0.15) is 50.4 Å². The van der Waals surface area contributed by atoms with Crippen molar-refractivity contribution in [3.63, 3.8) is 0 Å². The highest BCUT2D eigenvalue weighted by Gasteiger charge is 2.36. The fourth-order valence-electron chi connectivity index (χ4n) is 2.36. The molecule has 1 aromatic rings. The summed E-state index contributed by atoms with van der Waals surface area (Å²) >= 11 is 0. The summed E-state index contributed by atoms with van der Waals surface area (Å²) in [4.78, 5) is 4.46. The van der Waals surface area contributed by atoms with E-state index in [0.717, 1.165) is 0 Å². The van der Waals surface area contributed by atoms with Crippen molar-refractivity contribution in [2.24, 2.45) is 17.6 Å². The molecule has 2 N–H and O–H groups in total. The van der Waals surface area contributed by atoms with Crippen LogP contribution in [0.25, 0.3) is 0 Å². The van der Waals surface area contributed by atoms with E-state index in [1.807, 2.05) is 6.92 Å². The van der Waals surface area contributed by atoms with Gasteiger partial charge in [-0.1, -0.05) is 5.16 Å². The van der Waals surface area contributed by atoms with Crippen LogP contribution in [0.3, 0.4) is 0 Å². The molecule has 2 unspecified atom stereocenters. The number of rotatable bonds is 7. The number of nitrogens with two attached hydrogens (primary N) is 1. The van der Waals surface area contributed by atoms with Crippen molar-refractivity contribution in [3.05, 3.63) is 11.7 Å². The molecular weight excluding hydrogens is 230 g/mol. The summed E-state index contributed by atoms with van der Waals surface area (Å²) in [6.45, 7) is 2.69. The minimum Gasteiger partial charge on any atom is -0.370 e. The van der Waals surface area contributed by atoms with Crippen molar-refractivity contribution >= 4 is 0 Å². The predicted molar refractivity (Wildman–Crippen MR) is 65.8 cm³/mol. The Bertz CT molecular complexity index is 399. The van der Waals surface area contributed by atoms with Gasteiger partial charge in [0, 0.05) is 19.1 Å². The van der Waals surface area contributed by atoms with E-state index in [9.17, 15) is 0 Å². The van der Waals surface area contributed by atoms with Crippen molar-refractivity contribution < 1.29 is 9.26 Å². The maximum Gasteiger partial charge on any atom is 0.228 e. The molecule has 2 saturated carbocycles. The Morgan fingerprint density at radius 3 is 2.67 bits per heavy atom. The zero-order valence-electron chi connectivity index (χ0n) is 10.8. The zero-order valence-corrected chi connectivity index (χ0v) is 10.8. The number of ether oxygens (including phenoxy) is 1. The first-order valence-corrected chi connectivity index (χ1v) is 6.97. The predicted octanol–water partition coefficient (Wildman–Crippen LogP) is 1.84. The molecule has 2 atom stereocenters. The Morgan fingerprint density at radius 2 is 2.06 bits per heavy atom. The quantitative estimate of drug-likeness (QED) is 0.800. The molecule has 0 bridgehead atoms. The third-order valence-electron chi connectivity index (χ3n) is 3.77. The van der Waals surface area contributed by atoms with Gasteiger partial charge < -0.3 is 15.0 Å². The molecule has 0 amide bonds. The van der Waals surface area contributed by atoms with Crippen LogP contribution in [0.2, 0.25) is 0 Å². The van der Waals surface area contributed by atoms with Crippen molar-refractivity contribution in [1.82, 2.24) is 10.1 Å². The molecule has 5 heteroatoms. The van der Waals surface area contributed by atoms with Crippen molar-refractivity contribution in [3.8, 4) is 0 Å². The molecule has 0 spiro atoms. The van der Waals surface area contributed by atoms with Crippen LogP contribution in [0.5, 0.6) is 0 Å². The fraction of sp³-hybridized carbons (Fsp3) is 0.846. The van der Waals surface area contributed by atoms with E-state index in [1.54, 1.807) is 0 Å². The second kappa shape index (κ2) is 4.97. The van der Waals surface area contributed by atoms with Crippen LogP contribution < -0.4 is 5.73 Å². The first-order valence-electron chi connectivity index (χ1n) is 6.97. The molecule has 2 fully saturated rings. The number of hydrogen-bond donors (Lipinski definition) is 1. The van der Waals surface area contributed by atoms with Gasteiger partial charge in [-0.25, -0.2) is 0 Å². The van der Waals surface area contributed by atoms with Crippen LogP contribution >= 0.6 is 0 Å². The first-order chi connectivity index (χ1) is 8.78. The highest BCUT2D eigenvalue weighted by atomic mass is 16.5. The molecule has 2 aliphatic carbocycles. The van der Waals surface area contributed by atoms with Crippen molar-refractivity contribution in [2.75, 3.05) is 6.61 Å². The van der Waals surface area contributed by atoms with E-state index in [2.05, 4.69) is 10.1 Å². The normalized spacial score (nSPS) is 23.0. The van der Waals surface area contributed by atoms with E-state index in [0.29, 0.717) is 36.6 Å². The van der Waals surface area contributed by atoms with Gasteiger partial charge in [-0.05, 0) is 44.4 Å².